The maximum absolute atomic E-state index is 10.3. The van der Waals surface area contributed by atoms with Gasteiger partial charge >= 0.3 is 0 Å². The predicted octanol–water partition coefficient (Wildman–Crippen LogP) is 0.899. The molecule has 0 amide bonds. The second kappa shape index (κ2) is 4.16. The molecule has 0 bridgehead atoms. The Bertz CT molecular complexity index is 164. The Kier molecular flexibility index (Phi) is 3.86. The van der Waals surface area contributed by atoms with Crippen molar-refractivity contribution in [1.82, 2.24) is 0 Å². The van der Waals surface area contributed by atoms with Crippen molar-refractivity contribution in [3.05, 3.63) is 5.76 Å². The third-order valence-corrected chi connectivity index (χ3v) is 1.89. The monoisotopic (exact) mass is 158 g/mol. The maximum Gasteiger partial charge on any atom is 0.211 e. The summed E-state index contributed by atoms with van der Waals surface area (Å²) in [5.41, 5.74) is -1.13. The summed E-state index contributed by atoms with van der Waals surface area (Å²) < 4.78 is 4.69. The van der Waals surface area contributed by atoms with E-state index in [0.717, 1.165) is 0 Å². The van der Waals surface area contributed by atoms with Crippen LogP contribution in [-0.4, -0.2) is 23.8 Å². The molecule has 0 spiro atoms. The number of carbonyl (C=O) groups excluding carboxylic acids is 1. The normalized spacial score (nSPS) is 10.5. The van der Waals surface area contributed by atoms with Crippen LogP contribution in [0.5, 0.6) is 0 Å². The first kappa shape index (κ1) is 10.2. The molecule has 0 aromatic rings. The Morgan fingerprint density at radius 2 is 2.00 bits per heavy atom. The van der Waals surface area contributed by atoms with Gasteiger partial charge in [-0.1, -0.05) is 13.8 Å². The summed E-state index contributed by atoms with van der Waals surface area (Å²) in [6, 6.07) is 0. The van der Waals surface area contributed by atoms with Crippen LogP contribution in [0.2, 0.25) is 0 Å². The van der Waals surface area contributed by atoms with Crippen LogP contribution in [0, 0.1) is 0 Å². The number of hydrogen-bond acceptors (Lipinski definition) is 3. The highest BCUT2D eigenvalue weighted by molar-refractivity contribution is 5.52. The van der Waals surface area contributed by atoms with E-state index in [1.807, 2.05) is 0 Å². The lowest BCUT2D eigenvalue weighted by Gasteiger charge is -2.23. The van der Waals surface area contributed by atoms with Crippen LogP contribution in [0.25, 0.3) is 0 Å². The first-order chi connectivity index (χ1) is 5.14. The van der Waals surface area contributed by atoms with Crippen LogP contribution < -0.4 is 0 Å². The Hall–Kier alpha value is -0.790. The topological polar surface area (TPSA) is 46.5 Å². The van der Waals surface area contributed by atoms with Crippen molar-refractivity contribution < 1.29 is 14.6 Å². The second-order valence-corrected chi connectivity index (χ2v) is 2.37. The van der Waals surface area contributed by atoms with Gasteiger partial charge in [-0.05, 0) is 12.8 Å². The molecule has 0 atom stereocenters. The fraction of sp³-hybridized carbons (Fsp3) is 0.750. The largest absolute Gasteiger partial charge is 0.488 e. The lowest BCUT2D eigenvalue weighted by atomic mass is 9.96. The fourth-order valence-electron chi connectivity index (χ4n) is 0.898. The molecule has 0 radical (unpaired) electrons. The fourth-order valence-corrected chi connectivity index (χ4v) is 0.898. The van der Waals surface area contributed by atoms with Crippen molar-refractivity contribution in [2.75, 3.05) is 7.11 Å². The molecule has 1 N–H and O–H groups in total. The minimum absolute atomic E-state index is 0.0116. The quantitative estimate of drug-likeness (QED) is 0.488. The summed E-state index contributed by atoms with van der Waals surface area (Å²) in [5.74, 6) is 1.58. The smallest absolute Gasteiger partial charge is 0.211 e. The molecule has 0 aliphatic carbocycles. The Labute approximate surface area is 66.7 Å². The van der Waals surface area contributed by atoms with Crippen molar-refractivity contribution in [1.29, 1.82) is 0 Å². The minimum atomic E-state index is -1.13. The van der Waals surface area contributed by atoms with Gasteiger partial charge in [-0.15, -0.1) is 0 Å². The molecular weight excluding hydrogens is 144 g/mol. The molecule has 3 nitrogen and oxygen atoms in total. The van der Waals surface area contributed by atoms with Crippen molar-refractivity contribution in [2.45, 2.75) is 32.3 Å². The molecule has 0 heterocycles. The van der Waals surface area contributed by atoms with Gasteiger partial charge in [-0.25, -0.2) is 4.79 Å². The Morgan fingerprint density at radius 1 is 1.55 bits per heavy atom. The lowest BCUT2D eigenvalue weighted by molar-refractivity contribution is 0.0188. The molecule has 0 aliphatic rings. The maximum atomic E-state index is 10.3. The zero-order chi connectivity index (χ0) is 8.91. The highest BCUT2D eigenvalue weighted by Gasteiger charge is 2.29. The first-order valence-electron chi connectivity index (χ1n) is 3.66. The molecule has 3 heteroatoms. The highest BCUT2D eigenvalue weighted by Crippen LogP contribution is 2.22. The van der Waals surface area contributed by atoms with E-state index < -0.39 is 5.60 Å². The van der Waals surface area contributed by atoms with Crippen molar-refractivity contribution >= 4 is 5.94 Å². The number of hydrogen-bond donors (Lipinski definition) is 1. The molecule has 0 fully saturated rings. The van der Waals surface area contributed by atoms with Gasteiger partial charge < -0.3 is 9.84 Å². The van der Waals surface area contributed by atoms with E-state index in [0.29, 0.717) is 12.8 Å². The zero-order valence-corrected chi connectivity index (χ0v) is 7.18. The summed E-state index contributed by atoms with van der Waals surface area (Å²) in [4.78, 5) is 10.3. The highest BCUT2D eigenvalue weighted by atomic mass is 16.5. The molecule has 11 heavy (non-hydrogen) atoms. The number of ether oxygens (including phenoxy) is 1. The molecule has 0 aromatic heterocycles. The van der Waals surface area contributed by atoms with Crippen LogP contribution >= 0.6 is 0 Å². The molecule has 0 saturated carbocycles. The van der Waals surface area contributed by atoms with E-state index in [2.05, 4.69) is 4.74 Å². The van der Waals surface area contributed by atoms with E-state index >= 15 is 0 Å². The SMILES string of the molecule is CCC(O)(CC)C(=C=O)OC. The Morgan fingerprint density at radius 3 is 2.09 bits per heavy atom. The van der Waals surface area contributed by atoms with E-state index in [1.165, 1.54) is 7.11 Å². The Balaban J connectivity index is 4.60. The van der Waals surface area contributed by atoms with Gasteiger partial charge in [-0.2, -0.15) is 0 Å². The van der Waals surface area contributed by atoms with Crippen LogP contribution in [0.15, 0.2) is 5.76 Å². The van der Waals surface area contributed by atoms with Gasteiger partial charge in [0.1, 0.15) is 5.60 Å². The van der Waals surface area contributed by atoms with Crippen LogP contribution in [0.3, 0.4) is 0 Å². The van der Waals surface area contributed by atoms with Gasteiger partial charge in [0.15, 0.2) is 5.94 Å². The molecule has 0 rings (SSSR count). The zero-order valence-electron chi connectivity index (χ0n) is 7.18. The lowest BCUT2D eigenvalue weighted by Crippen LogP contribution is -2.30. The van der Waals surface area contributed by atoms with Crippen molar-refractivity contribution in [3.8, 4) is 0 Å². The summed E-state index contributed by atoms with van der Waals surface area (Å²) in [5, 5.41) is 9.66. The summed E-state index contributed by atoms with van der Waals surface area (Å²) in [6.45, 7) is 3.58. The van der Waals surface area contributed by atoms with Crippen LogP contribution in [0.1, 0.15) is 26.7 Å². The first-order valence-corrected chi connectivity index (χ1v) is 3.66. The van der Waals surface area contributed by atoms with Crippen LogP contribution in [0.4, 0.5) is 0 Å². The van der Waals surface area contributed by atoms with Crippen LogP contribution in [-0.2, 0) is 9.53 Å². The molecule has 0 aromatic carbocycles. The van der Waals surface area contributed by atoms with E-state index in [9.17, 15) is 9.90 Å². The third kappa shape index (κ3) is 2.07. The standard InChI is InChI=1S/C8H14O3/c1-4-8(10,5-2)7(6-9)11-3/h10H,4-5H2,1-3H3. The average Bonchev–Trinajstić information content (AvgIpc) is 2.06. The summed E-state index contributed by atoms with van der Waals surface area (Å²) in [7, 11) is 1.36. The molecule has 0 unspecified atom stereocenters. The van der Waals surface area contributed by atoms with Gasteiger partial charge in [-0.3, -0.25) is 0 Å². The molecular formula is C8H14O3. The van der Waals surface area contributed by atoms with Gasteiger partial charge in [0, 0.05) is 0 Å². The minimum Gasteiger partial charge on any atom is -0.488 e. The molecule has 64 valence electrons. The van der Waals surface area contributed by atoms with Crippen molar-refractivity contribution in [2.24, 2.45) is 0 Å². The summed E-state index contributed by atoms with van der Waals surface area (Å²) >= 11 is 0. The number of methoxy groups -OCH3 is 1. The van der Waals surface area contributed by atoms with E-state index in [4.69, 9.17) is 0 Å². The van der Waals surface area contributed by atoms with Crippen molar-refractivity contribution in [3.63, 3.8) is 0 Å². The summed E-state index contributed by atoms with van der Waals surface area (Å²) in [6.07, 6.45) is 0.920. The third-order valence-electron chi connectivity index (χ3n) is 1.89. The molecule has 0 saturated heterocycles. The second-order valence-electron chi connectivity index (χ2n) is 2.37. The molecule has 0 aliphatic heterocycles. The average molecular weight is 158 g/mol. The van der Waals surface area contributed by atoms with Gasteiger partial charge in [0.25, 0.3) is 0 Å². The van der Waals surface area contributed by atoms with E-state index in [-0.39, 0.29) is 5.76 Å². The number of rotatable bonds is 4. The van der Waals surface area contributed by atoms with Gasteiger partial charge in [0.05, 0.1) is 7.11 Å². The van der Waals surface area contributed by atoms with E-state index in [1.54, 1.807) is 19.8 Å². The predicted molar refractivity (Wildman–Crippen MR) is 41.7 cm³/mol. The van der Waals surface area contributed by atoms with Gasteiger partial charge in [0.2, 0.25) is 5.76 Å². The number of aliphatic hydroxyl groups is 1.